The highest BCUT2D eigenvalue weighted by atomic mass is 32.2. The molecule has 0 aromatic heterocycles. The van der Waals surface area contributed by atoms with E-state index in [9.17, 15) is 39.4 Å². The Labute approximate surface area is 225 Å². The molecular weight excluding hydrogens is 563 g/mol. The number of sulfone groups is 1. The van der Waals surface area contributed by atoms with E-state index in [4.69, 9.17) is 5.26 Å². The third kappa shape index (κ3) is 5.83. The van der Waals surface area contributed by atoms with Crippen LogP contribution in [-0.4, -0.2) is 78.5 Å². The molecule has 2 saturated heterocycles. The molecule has 1 amide bonds. The van der Waals surface area contributed by atoms with Crippen LogP contribution >= 0.6 is 0 Å². The molecule has 0 radical (unpaired) electrons. The predicted molar refractivity (Wildman–Crippen MR) is 136 cm³/mol. The number of nitrogens with zero attached hydrogens (tertiary/aromatic N) is 4. The zero-order valence-corrected chi connectivity index (χ0v) is 23.1. The highest BCUT2D eigenvalue weighted by Crippen LogP contribution is 2.43. The van der Waals surface area contributed by atoms with Crippen LogP contribution in [0.1, 0.15) is 44.7 Å². The molecule has 0 aliphatic carbocycles. The number of rotatable bonds is 8. The number of piperidine rings is 1. The van der Waals surface area contributed by atoms with Gasteiger partial charge in [0.2, 0.25) is 11.4 Å². The van der Waals surface area contributed by atoms with Crippen molar-refractivity contribution in [3.8, 4) is 6.07 Å². The molecule has 0 spiro atoms. The van der Waals surface area contributed by atoms with Gasteiger partial charge in [-0.05, 0) is 44.9 Å². The zero-order chi connectivity index (χ0) is 29.6. The summed E-state index contributed by atoms with van der Waals surface area (Å²) >= 11 is 0. The molecule has 1 aromatic rings. The van der Waals surface area contributed by atoms with Gasteiger partial charge in [0.05, 0.1) is 28.5 Å². The molecule has 2 aliphatic rings. The molecule has 16 heteroatoms. The van der Waals surface area contributed by atoms with Gasteiger partial charge in [-0.3, -0.25) is 24.6 Å². The Balaban J connectivity index is 2.16. The molecule has 11 nitrogen and oxygen atoms in total. The minimum absolute atomic E-state index is 0.133. The molecule has 3 rings (SSSR count). The smallest absolute Gasteiger partial charge is 0.283 e. The molecule has 2 aliphatic heterocycles. The molecule has 2 fully saturated rings. The summed E-state index contributed by atoms with van der Waals surface area (Å²) in [4.78, 5) is 15.3. The molecule has 3 atom stereocenters. The molecule has 1 aromatic carbocycles. The number of hydrogen-bond acceptors (Lipinski definition) is 9. The fourth-order valence-electron chi connectivity index (χ4n) is 5.24. The van der Waals surface area contributed by atoms with Crippen LogP contribution in [0.4, 0.5) is 18.9 Å². The quantitative estimate of drug-likeness (QED) is 0.339. The van der Waals surface area contributed by atoms with Gasteiger partial charge in [0.25, 0.3) is 0 Å². The van der Waals surface area contributed by atoms with Crippen molar-refractivity contribution in [1.82, 2.24) is 15.3 Å². The molecule has 216 valence electrons. The average Bonchev–Trinajstić information content (AvgIpc) is 3.04. The number of carbonyl (C=O) groups is 1. The maximum Gasteiger partial charge on any atom is 0.417 e. The summed E-state index contributed by atoms with van der Waals surface area (Å²) < 4.78 is 103. The van der Waals surface area contributed by atoms with Gasteiger partial charge < -0.3 is 0 Å². The number of hydrogen-bond donors (Lipinski definition) is 2. The number of alkyl halides is 3. The molecule has 2 N–H and O–H groups in total. The standard InChI is InChI=1S/C23H30F3N5O6S2/c1-5-11-38(33,34)19-13-17(9-10-29(19)28-6-2)31-21(39(35,36)37)30(20(32)22(31,3)4)16-8-7-15(14-27)18(12-16)23(24,25)26/h5,7-8,12,17,19,21,28H,1,6,9-11,13H2,2-4H3,(H,35,36,37). The van der Waals surface area contributed by atoms with Gasteiger partial charge in [-0.25, -0.2) is 13.4 Å². The number of amides is 1. The van der Waals surface area contributed by atoms with Crippen molar-refractivity contribution in [2.45, 2.75) is 62.2 Å². The lowest BCUT2D eigenvalue weighted by atomic mass is 9.96. The number of anilines is 1. The average molecular weight is 594 g/mol. The summed E-state index contributed by atoms with van der Waals surface area (Å²) in [6.45, 7) is 8.48. The lowest BCUT2D eigenvalue weighted by Crippen LogP contribution is -2.62. The molecular formula is C23H30F3N5O6S2. The second-order valence-corrected chi connectivity index (χ2v) is 13.4. The van der Waals surface area contributed by atoms with E-state index >= 15 is 0 Å². The summed E-state index contributed by atoms with van der Waals surface area (Å²) in [6, 6.07) is 2.82. The molecule has 39 heavy (non-hydrogen) atoms. The number of nitriles is 1. The van der Waals surface area contributed by atoms with Crippen LogP contribution in [0.5, 0.6) is 0 Å². The number of nitrogens with one attached hydrogen (secondary N) is 1. The van der Waals surface area contributed by atoms with Gasteiger partial charge in [-0.15, -0.1) is 6.58 Å². The van der Waals surface area contributed by atoms with Crippen LogP contribution in [0.2, 0.25) is 0 Å². The zero-order valence-electron chi connectivity index (χ0n) is 21.5. The van der Waals surface area contributed by atoms with Crippen LogP contribution in [-0.2, 0) is 30.9 Å². The fraction of sp³-hybridized carbons (Fsp3) is 0.565. The molecule has 2 heterocycles. The number of hydrazine groups is 1. The highest BCUT2D eigenvalue weighted by Gasteiger charge is 2.60. The van der Waals surface area contributed by atoms with Gasteiger partial charge in [0, 0.05) is 24.8 Å². The monoisotopic (exact) mass is 593 g/mol. The maximum atomic E-state index is 13.7. The Morgan fingerprint density at radius 3 is 2.44 bits per heavy atom. The lowest BCUT2D eigenvalue weighted by Gasteiger charge is -2.45. The van der Waals surface area contributed by atoms with Gasteiger partial charge >= 0.3 is 16.3 Å². The third-order valence-corrected chi connectivity index (χ3v) is 9.81. The first-order valence-electron chi connectivity index (χ1n) is 11.9. The van der Waals surface area contributed by atoms with Crippen molar-refractivity contribution in [1.29, 1.82) is 5.26 Å². The Hall–Kier alpha value is -2.55. The first-order chi connectivity index (χ1) is 17.9. The maximum absolute atomic E-state index is 13.7. The van der Waals surface area contributed by atoms with Crippen molar-refractivity contribution in [3.05, 3.63) is 42.0 Å². The lowest BCUT2D eigenvalue weighted by molar-refractivity contribution is -0.137. The minimum Gasteiger partial charge on any atom is -0.283 e. The minimum atomic E-state index is -5.16. The van der Waals surface area contributed by atoms with Crippen molar-refractivity contribution in [3.63, 3.8) is 0 Å². The second kappa shape index (κ2) is 10.8. The van der Waals surface area contributed by atoms with Gasteiger partial charge in [0.15, 0.2) is 9.84 Å². The first-order valence-corrected chi connectivity index (χ1v) is 15.2. The van der Waals surface area contributed by atoms with Crippen molar-refractivity contribution in [2.24, 2.45) is 0 Å². The molecule has 0 bridgehead atoms. The van der Waals surface area contributed by atoms with E-state index in [-0.39, 0.29) is 25.1 Å². The van der Waals surface area contributed by atoms with Crippen LogP contribution in [0, 0.1) is 11.3 Å². The van der Waals surface area contributed by atoms with Crippen molar-refractivity contribution in [2.75, 3.05) is 23.7 Å². The van der Waals surface area contributed by atoms with E-state index in [2.05, 4.69) is 12.0 Å². The Morgan fingerprint density at radius 2 is 1.92 bits per heavy atom. The SMILES string of the molecule is C=CCS(=O)(=O)C1CC(N2C(S(=O)(=O)O)N(c3ccc(C#N)c(C(F)(F)F)c3)C(=O)C2(C)C)CCN1NCC. The predicted octanol–water partition coefficient (Wildman–Crippen LogP) is 2.09. The highest BCUT2D eigenvalue weighted by molar-refractivity contribution is 7.92. The van der Waals surface area contributed by atoms with Crippen LogP contribution in [0.3, 0.4) is 0 Å². The van der Waals surface area contributed by atoms with Crippen LogP contribution in [0.25, 0.3) is 0 Å². The first kappa shape index (κ1) is 31.0. The largest absolute Gasteiger partial charge is 0.417 e. The molecule has 0 saturated carbocycles. The topological polar surface area (TPSA) is 151 Å². The summed E-state index contributed by atoms with van der Waals surface area (Å²) in [5, 5.41) is 9.49. The summed E-state index contributed by atoms with van der Waals surface area (Å²) in [5.41, 5.74) is -3.46. The summed E-state index contributed by atoms with van der Waals surface area (Å²) in [6.07, 6.45) is -3.76. The van der Waals surface area contributed by atoms with Crippen LogP contribution < -0.4 is 10.3 Å². The molecule has 3 unspecified atom stereocenters. The third-order valence-electron chi connectivity index (χ3n) is 6.86. The van der Waals surface area contributed by atoms with Gasteiger partial charge in [-0.2, -0.15) is 26.9 Å². The number of carbonyl (C=O) groups excluding carboxylic acids is 1. The Morgan fingerprint density at radius 1 is 1.28 bits per heavy atom. The van der Waals surface area contributed by atoms with Gasteiger partial charge in [-0.1, -0.05) is 13.0 Å². The second-order valence-electron chi connectivity index (χ2n) is 9.78. The normalized spacial score (nSPS) is 25.0. The van der Waals surface area contributed by atoms with Crippen molar-refractivity contribution < 1.29 is 39.4 Å². The number of halogens is 3. The fourth-order valence-corrected chi connectivity index (χ4v) is 8.08. The van der Waals surface area contributed by atoms with E-state index in [1.807, 2.05) is 0 Å². The van der Waals surface area contributed by atoms with E-state index in [1.54, 1.807) is 6.92 Å². The van der Waals surface area contributed by atoms with Gasteiger partial charge in [0.1, 0.15) is 5.37 Å². The van der Waals surface area contributed by atoms with E-state index < -0.39 is 71.3 Å². The summed E-state index contributed by atoms with van der Waals surface area (Å²) in [7, 11) is -8.98. The Bertz CT molecular complexity index is 1390. The summed E-state index contributed by atoms with van der Waals surface area (Å²) in [5.74, 6) is -1.30. The van der Waals surface area contributed by atoms with Crippen molar-refractivity contribution >= 4 is 31.5 Å². The van der Waals surface area contributed by atoms with Crippen LogP contribution in [0.15, 0.2) is 30.9 Å². The number of benzene rings is 1. The Kier molecular flexibility index (Phi) is 8.57. The van der Waals surface area contributed by atoms with E-state index in [0.29, 0.717) is 17.5 Å². The van der Waals surface area contributed by atoms with E-state index in [1.165, 1.54) is 31.0 Å². The van der Waals surface area contributed by atoms with E-state index in [0.717, 1.165) is 17.0 Å².